The molecule has 1 aliphatic rings. The van der Waals surface area contributed by atoms with Crippen LogP contribution in [-0.4, -0.2) is 22.9 Å². The standard InChI is InChI=1S/C14H18N2OS/c1-9(2)12-8-15-14(18-12)16-13(17)11-7-5-4-6-10(11)3/h4-7,9,12H,8H2,1-3H3,(H,15,16,17). The summed E-state index contributed by atoms with van der Waals surface area (Å²) in [7, 11) is 0. The summed E-state index contributed by atoms with van der Waals surface area (Å²) in [5.41, 5.74) is 1.70. The molecule has 0 aromatic heterocycles. The average molecular weight is 262 g/mol. The Balaban J connectivity index is 2.00. The molecule has 1 amide bonds. The van der Waals surface area contributed by atoms with Crippen molar-refractivity contribution in [1.82, 2.24) is 5.32 Å². The number of amides is 1. The van der Waals surface area contributed by atoms with Gasteiger partial charge in [0.05, 0.1) is 6.54 Å². The lowest BCUT2D eigenvalue weighted by Gasteiger charge is -2.12. The summed E-state index contributed by atoms with van der Waals surface area (Å²) in [5, 5.41) is 4.13. The van der Waals surface area contributed by atoms with Crippen LogP contribution in [-0.2, 0) is 0 Å². The zero-order valence-electron chi connectivity index (χ0n) is 10.9. The minimum absolute atomic E-state index is 0.0660. The highest BCUT2D eigenvalue weighted by Crippen LogP contribution is 2.26. The first-order valence-electron chi connectivity index (χ1n) is 6.16. The summed E-state index contributed by atoms with van der Waals surface area (Å²) in [4.78, 5) is 16.5. The van der Waals surface area contributed by atoms with Gasteiger partial charge in [0.15, 0.2) is 5.17 Å². The predicted molar refractivity (Wildman–Crippen MR) is 77.2 cm³/mol. The fourth-order valence-electron chi connectivity index (χ4n) is 1.80. The second-order valence-electron chi connectivity index (χ2n) is 4.82. The third-order valence-corrected chi connectivity index (χ3v) is 4.48. The maximum Gasteiger partial charge on any atom is 0.257 e. The predicted octanol–water partition coefficient (Wildman–Crippen LogP) is 2.85. The summed E-state index contributed by atoms with van der Waals surface area (Å²) in [5.74, 6) is 0.510. The number of thioether (sulfide) groups is 1. The fourth-order valence-corrected chi connectivity index (χ4v) is 2.81. The van der Waals surface area contributed by atoms with Gasteiger partial charge in [0, 0.05) is 10.8 Å². The molecular weight excluding hydrogens is 244 g/mol. The highest BCUT2D eigenvalue weighted by molar-refractivity contribution is 8.14. The van der Waals surface area contributed by atoms with Gasteiger partial charge in [-0.2, -0.15) is 0 Å². The summed E-state index contributed by atoms with van der Waals surface area (Å²) < 4.78 is 0. The number of amidine groups is 1. The van der Waals surface area contributed by atoms with E-state index in [1.54, 1.807) is 11.8 Å². The van der Waals surface area contributed by atoms with Gasteiger partial charge in [0.1, 0.15) is 0 Å². The number of carbonyl (C=O) groups is 1. The Bertz CT molecular complexity index is 482. The fraction of sp³-hybridized carbons (Fsp3) is 0.429. The van der Waals surface area contributed by atoms with E-state index in [2.05, 4.69) is 24.2 Å². The molecule has 0 fully saturated rings. The van der Waals surface area contributed by atoms with E-state index in [4.69, 9.17) is 0 Å². The van der Waals surface area contributed by atoms with Crippen molar-refractivity contribution in [3.8, 4) is 0 Å². The highest BCUT2D eigenvalue weighted by Gasteiger charge is 2.24. The Hall–Kier alpha value is -1.29. The molecule has 1 N–H and O–H groups in total. The molecule has 0 saturated carbocycles. The van der Waals surface area contributed by atoms with Crippen LogP contribution in [0.5, 0.6) is 0 Å². The maximum absolute atomic E-state index is 12.1. The molecule has 2 rings (SSSR count). The molecule has 3 nitrogen and oxygen atoms in total. The zero-order valence-corrected chi connectivity index (χ0v) is 11.8. The van der Waals surface area contributed by atoms with Crippen molar-refractivity contribution >= 4 is 22.8 Å². The zero-order chi connectivity index (χ0) is 13.1. The Morgan fingerprint density at radius 2 is 2.17 bits per heavy atom. The summed E-state index contributed by atoms with van der Waals surface area (Å²) in [6.07, 6.45) is 0. The van der Waals surface area contributed by atoms with Gasteiger partial charge in [-0.25, -0.2) is 0 Å². The summed E-state index contributed by atoms with van der Waals surface area (Å²) in [6, 6.07) is 7.59. The van der Waals surface area contributed by atoms with Gasteiger partial charge in [-0.3, -0.25) is 9.79 Å². The molecule has 1 aromatic rings. The molecule has 1 unspecified atom stereocenters. The van der Waals surface area contributed by atoms with Crippen LogP contribution in [0.3, 0.4) is 0 Å². The molecule has 1 aromatic carbocycles. The topological polar surface area (TPSA) is 41.5 Å². The third kappa shape index (κ3) is 2.93. The number of nitrogens with one attached hydrogen (secondary N) is 1. The molecule has 0 radical (unpaired) electrons. The van der Waals surface area contributed by atoms with Gasteiger partial charge in [0.2, 0.25) is 0 Å². The minimum atomic E-state index is -0.0660. The highest BCUT2D eigenvalue weighted by atomic mass is 32.2. The van der Waals surface area contributed by atoms with Crippen LogP contribution in [0.1, 0.15) is 29.8 Å². The van der Waals surface area contributed by atoms with E-state index in [1.807, 2.05) is 31.2 Å². The first-order valence-corrected chi connectivity index (χ1v) is 7.04. The Morgan fingerprint density at radius 1 is 1.44 bits per heavy atom. The molecule has 0 spiro atoms. The van der Waals surface area contributed by atoms with Crippen molar-refractivity contribution in [1.29, 1.82) is 0 Å². The monoisotopic (exact) mass is 262 g/mol. The number of benzene rings is 1. The molecule has 1 atom stereocenters. The lowest BCUT2D eigenvalue weighted by molar-refractivity contribution is 0.0977. The SMILES string of the molecule is Cc1ccccc1C(=O)NC1=NCC(C(C)C)S1. The second kappa shape index (κ2) is 5.57. The van der Waals surface area contributed by atoms with E-state index in [0.29, 0.717) is 16.7 Å². The molecule has 0 saturated heterocycles. The van der Waals surface area contributed by atoms with Crippen LogP contribution >= 0.6 is 11.8 Å². The lowest BCUT2D eigenvalue weighted by atomic mass is 10.1. The number of aliphatic imine (C=N–C) groups is 1. The van der Waals surface area contributed by atoms with E-state index in [-0.39, 0.29) is 5.91 Å². The molecule has 18 heavy (non-hydrogen) atoms. The lowest BCUT2D eigenvalue weighted by Crippen LogP contribution is -2.28. The first-order chi connectivity index (χ1) is 8.58. The number of aryl methyl sites for hydroxylation is 1. The number of carbonyl (C=O) groups excluding carboxylic acids is 1. The number of rotatable bonds is 2. The smallest absolute Gasteiger partial charge is 0.257 e. The van der Waals surface area contributed by atoms with E-state index in [1.165, 1.54) is 0 Å². The minimum Gasteiger partial charge on any atom is -0.301 e. The molecule has 1 heterocycles. The van der Waals surface area contributed by atoms with E-state index in [9.17, 15) is 4.79 Å². The largest absolute Gasteiger partial charge is 0.301 e. The van der Waals surface area contributed by atoms with E-state index < -0.39 is 0 Å². The number of nitrogens with zero attached hydrogens (tertiary/aromatic N) is 1. The third-order valence-electron chi connectivity index (χ3n) is 3.03. The summed E-state index contributed by atoms with van der Waals surface area (Å²) in [6.45, 7) is 7.10. The van der Waals surface area contributed by atoms with Crippen molar-refractivity contribution in [2.75, 3.05) is 6.54 Å². The van der Waals surface area contributed by atoms with Crippen LogP contribution < -0.4 is 5.32 Å². The normalized spacial score (nSPS) is 18.9. The number of hydrogen-bond acceptors (Lipinski definition) is 3. The quantitative estimate of drug-likeness (QED) is 0.890. The van der Waals surface area contributed by atoms with E-state index >= 15 is 0 Å². The van der Waals surface area contributed by atoms with Crippen LogP contribution in [0.2, 0.25) is 0 Å². The molecule has 0 bridgehead atoms. The van der Waals surface area contributed by atoms with Crippen molar-refractivity contribution in [2.45, 2.75) is 26.0 Å². The number of hydrogen-bond donors (Lipinski definition) is 1. The van der Waals surface area contributed by atoms with Crippen LogP contribution in [0, 0.1) is 12.8 Å². The van der Waals surface area contributed by atoms with Gasteiger partial charge in [-0.05, 0) is 24.5 Å². The Morgan fingerprint density at radius 3 is 2.78 bits per heavy atom. The van der Waals surface area contributed by atoms with Crippen molar-refractivity contribution in [3.63, 3.8) is 0 Å². The maximum atomic E-state index is 12.1. The molecule has 1 aliphatic heterocycles. The van der Waals surface area contributed by atoms with Gasteiger partial charge in [0.25, 0.3) is 5.91 Å². The second-order valence-corrected chi connectivity index (χ2v) is 6.04. The summed E-state index contributed by atoms with van der Waals surface area (Å²) >= 11 is 1.67. The first kappa shape index (κ1) is 13.1. The molecule has 96 valence electrons. The van der Waals surface area contributed by atoms with E-state index in [0.717, 1.165) is 17.3 Å². The Kier molecular flexibility index (Phi) is 4.07. The molecule has 4 heteroatoms. The van der Waals surface area contributed by atoms with Gasteiger partial charge in [-0.1, -0.05) is 43.8 Å². The van der Waals surface area contributed by atoms with Gasteiger partial charge >= 0.3 is 0 Å². The van der Waals surface area contributed by atoms with Gasteiger partial charge in [-0.15, -0.1) is 0 Å². The van der Waals surface area contributed by atoms with Crippen molar-refractivity contribution in [3.05, 3.63) is 35.4 Å². The van der Waals surface area contributed by atoms with Crippen molar-refractivity contribution < 1.29 is 4.79 Å². The van der Waals surface area contributed by atoms with Crippen LogP contribution in [0.15, 0.2) is 29.3 Å². The van der Waals surface area contributed by atoms with Crippen LogP contribution in [0.4, 0.5) is 0 Å². The molecule has 0 aliphatic carbocycles. The van der Waals surface area contributed by atoms with Gasteiger partial charge < -0.3 is 5.32 Å². The Labute approximate surface area is 112 Å². The van der Waals surface area contributed by atoms with Crippen LogP contribution in [0.25, 0.3) is 0 Å². The average Bonchev–Trinajstić information content (AvgIpc) is 2.78. The molecular formula is C14H18N2OS. The van der Waals surface area contributed by atoms with Crippen molar-refractivity contribution in [2.24, 2.45) is 10.9 Å².